The molecular formula is C15H14Cl2O. The van der Waals surface area contributed by atoms with Crippen molar-refractivity contribution in [2.75, 3.05) is 0 Å². The van der Waals surface area contributed by atoms with Crippen LogP contribution in [0.2, 0.25) is 5.02 Å². The predicted molar refractivity (Wildman–Crippen MR) is 76.5 cm³/mol. The molecule has 0 unspecified atom stereocenters. The first-order valence-corrected chi connectivity index (χ1v) is 6.63. The number of benzene rings is 2. The molecule has 0 saturated carbocycles. The van der Waals surface area contributed by atoms with Crippen LogP contribution in [0, 0.1) is 6.92 Å². The van der Waals surface area contributed by atoms with Crippen LogP contribution in [0.1, 0.15) is 16.7 Å². The molecule has 0 aliphatic carbocycles. The van der Waals surface area contributed by atoms with Gasteiger partial charge in [-0.25, -0.2) is 0 Å². The van der Waals surface area contributed by atoms with Gasteiger partial charge < -0.3 is 4.74 Å². The first-order chi connectivity index (χ1) is 8.69. The topological polar surface area (TPSA) is 9.23 Å². The zero-order valence-corrected chi connectivity index (χ0v) is 11.6. The molecule has 0 aliphatic rings. The second-order valence-corrected chi connectivity index (χ2v) is 4.84. The van der Waals surface area contributed by atoms with Crippen LogP contribution in [0.5, 0.6) is 5.75 Å². The lowest BCUT2D eigenvalue weighted by Gasteiger charge is -2.08. The molecule has 0 amide bonds. The van der Waals surface area contributed by atoms with Crippen molar-refractivity contribution in [1.29, 1.82) is 0 Å². The highest BCUT2D eigenvalue weighted by Crippen LogP contribution is 2.20. The molecule has 2 aromatic carbocycles. The first-order valence-electron chi connectivity index (χ1n) is 5.72. The third-order valence-electron chi connectivity index (χ3n) is 2.68. The van der Waals surface area contributed by atoms with Gasteiger partial charge in [0.25, 0.3) is 0 Å². The second-order valence-electron chi connectivity index (χ2n) is 4.16. The lowest BCUT2D eigenvalue weighted by molar-refractivity contribution is 0.306. The van der Waals surface area contributed by atoms with Crippen molar-refractivity contribution in [3.8, 4) is 5.75 Å². The Bertz CT molecular complexity index is 521. The normalized spacial score (nSPS) is 10.4. The molecule has 2 aromatic rings. The summed E-state index contributed by atoms with van der Waals surface area (Å²) in [6.07, 6.45) is 0. The highest BCUT2D eigenvalue weighted by atomic mass is 35.5. The van der Waals surface area contributed by atoms with Crippen molar-refractivity contribution >= 4 is 23.2 Å². The largest absolute Gasteiger partial charge is 0.489 e. The molecule has 0 atom stereocenters. The molecule has 0 aliphatic heterocycles. The number of hydrogen-bond donors (Lipinski definition) is 0. The fourth-order valence-electron chi connectivity index (χ4n) is 1.61. The molecular weight excluding hydrogens is 267 g/mol. The second kappa shape index (κ2) is 6.12. The first kappa shape index (κ1) is 13.3. The Hall–Kier alpha value is -1.18. The minimum Gasteiger partial charge on any atom is -0.489 e. The maximum absolute atomic E-state index is 6.15. The monoisotopic (exact) mass is 280 g/mol. The summed E-state index contributed by atoms with van der Waals surface area (Å²) in [4.78, 5) is 0. The predicted octanol–water partition coefficient (Wildman–Crippen LogP) is 4.97. The quantitative estimate of drug-likeness (QED) is 0.719. The average molecular weight is 281 g/mol. The molecule has 0 N–H and O–H groups in total. The van der Waals surface area contributed by atoms with Gasteiger partial charge in [-0.3, -0.25) is 0 Å². The number of hydrogen-bond acceptors (Lipinski definition) is 1. The Morgan fingerprint density at radius 1 is 1.06 bits per heavy atom. The van der Waals surface area contributed by atoms with Gasteiger partial charge in [0.2, 0.25) is 0 Å². The van der Waals surface area contributed by atoms with Gasteiger partial charge in [0.1, 0.15) is 12.4 Å². The van der Waals surface area contributed by atoms with E-state index in [0.29, 0.717) is 12.5 Å². The standard InChI is InChI=1S/C15H14Cl2O/c1-11-2-5-13(15(17)8-11)10-18-14-6-3-12(9-16)4-7-14/h2-8H,9-10H2,1H3. The molecule has 0 heterocycles. The van der Waals surface area contributed by atoms with E-state index in [2.05, 4.69) is 0 Å². The van der Waals surface area contributed by atoms with Gasteiger partial charge in [-0.1, -0.05) is 35.9 Å². The van der Waals surface area contributed by atoms with Gasteiger partial charge in [-0.2, -0.15) is 0 Å². The molecule has 94 valence electrons. The van der Waals surface area contributed by atoms with Gasteiger partial charge in [0.05, 0.1) is 0 Å². The molecule has 3 heteroatoms. The van der Waals surface area contributed by atoms with Crippen molar-refractivity contribution in [1.82, 2.24) is 0 Å². The zero-order chi connectivity index (χ0) is 13.0. The Balaban J connectivity index is 2.02. The average Bonchev–Trinajstić information content (AvgIpc) is 2.38. The Morgan fingerprint density at radius 2 is 1.78 bits per heavy atom. The molecule has 0 aromatic heterocycles. The molecule has 0 bridgehead atoms. The van der Waals surface area contributed by atoms with Crippen LogP contribution < -0.4 is 4.74 Å². The fourth-order valence-corrected chi connectivity index (χ4v) is 2.07. The number of alkyl halides is 1. The Morgan fingerprint density at radius 3 is 2.39 bits per heavy atom. The summed E-state index contributed by atoms with van der Waals surface area (Å²) in [5.74, 6) is 1.34. The number of aryl methyl sites for hydroxylation is 1. The summed E-state index contributed by atoms with van der Waals surface area (Å²) in [6.45, 7) is 2.49. The molecule has 1 nitrogen and oxygen atoms in total. The fraction of sp³-hybridized carbons (Fsp3) is 0.200. The van der Waals surface area contributed by atoms with Crippen molar-refractivity contribution in [2.45, 2.75) is 19.4 Å². The molecule has 0 fully saturated rings. The maximum atomic E-state index is 6.15. The van der Waals surface area contributed by atoms with Crippen molar-refractivity contribution in [3.63, 3.8) is 0 Å². The molecule has 0 saturated heterocycles. The van der Waals surface area contributed by atoms with E-state index in [1.54, 1.807) is 0 Å². The number of halogens is 2. The molecule has 0 radical (unpaired) electrons. The van der Waals surface area contributed by atoms with E-state index in [-0.39, 0.29) is 0 Å². The van der Waals surface area contributed by atoms with Crippen molar-refractivity contribution < 1.29 is 4.74 Å². The van der Waals surface area contributed by atoms with E-state index >= 15 is 0 Å². The maximum Gasteiger partial charge on any atom is 0.119 e. The zero-order valence-electron chi connectivity index (χ0n) is 10.1. The summed E-state index contributed by atoms with van der Waals surface area (Å²) >= 11 is 11.9. The Kier molecular flexibility index (Phi) is 4.51. The van der Waals surface area contributed by atoms with Gasteiger partial charge >= 0.3 is 0 Å². The Labute approximate surface area is 117 Å². The van der Waals surface area contributed by atoms with Crippen LogP contribution in [-0.4, -0.2) is 0 Å². The molecule has 2 rings (SSSR count). The van der Waals surface area contributed by atoms with E-state index in [9.17, 15) is 0 Å². The van der Waals surface area contributed by atoms with Gasteiger partial charge in [-0.05, 0) is 36.2 Å². The third-order valence-corrected chi connectivity index (χ3v) is 3.34. The van der Waals surface area contributed by atoms with E-state index < -0.39 is 0 Å². The van der Waals surface area contributed by atoms with Crippen molar-refractivity contribution in [2.24, 2.45) is 0 Å². The SMILES string of the molecule is Cc1ccc(COc2ccc(CCl)cc2)c(Cl)c1. The summed E-state index contributed by atoms with van der Waals surface area (Å²) in [5, 5.41) is 0.743. The highest BCUT2D eigenvalue weighted by molar-refractivity contribution is 6.31. The van der Waals surface area contributed by atoms with Crippen LogP contribution in [0.15, 0.2) is 42.5 Å². The lowest BCUT2D eigenvalue weighted by Crippen LogP contribution is -1.96. The molecule has 18 heavy (non-hydrogen) atoms. The van der Waals surface area contributed by atoms with E-state index in [4.69, 9.17) is 27.9 Å². The van der Waals surface area contributed by atoms with Crippen LogP contribution in [-0.2, 0) is 12.5 Å². The smallest absolute Gasteiger partial charge is 0.119 e. The summed E-state index contributed by atoms with van der Waals surface area (Å²) in [7, 11) is 0. The summed E-state index contributed by atoms with van der Waals surface area (Å²) < 4.78 is 5.68. The minimum absolute atomic E-state index is 0.472. The highest BCUT2D eigenvalue weighted by Gasteiger charge is 2.02. The van der Waals surface area contributed by atoms with Crippen molar-refractivity contribution in [3.05, 3.63) is 64.2 Å². The van der Waals surface area contributed by atoms with E-state index in [1.807, 2.05) is 49.4 Å². The number of rotatable bonds is 4. The van der Waals surface area contributed by atoms with Gasteiger partial charge in [0, 0.05) is 16.5 Å². The van der Waals surface area contributed by atoms with Gasteiger partial charge in [-0.15, -0.1) is 11.6 Å². The van der Waals surface area contributed by atoms with E-state index in [0.717, 1.165) is 27.5 Å². The number of ether oxygens (including phenoxy) is 1. The summed E-state index contributed by atoms with van der Waals surface area (Å²) in [6, 6.07) is 13.7. The summed E-state index contributed by atoms with van der Waals surface area (Å²) in [5.41, 5.74) is 3.22. The lowest BCUT2D eigenvalue weighted by atomic mass is 10.1. The third kappa shape index (κ3) is 3.41. The molecule has 0 spiro atoms. The van der Waals surface area contributed by atoms with Gasteiger partial charge in [0.15, 0.2) is 0 Å². The van der Waals surface area contributed by atoms with E-state index in [1.165, 1.54) is 0 Å². The van der Waals surface area contributed by atoms with Crippen LogP contribution in [0.3, 0.4) is 0 Å². The van der Waals surface area contributed by atoms with Crippen LogP contribution in [0.4, 0.5) is 0 Å². The van der Waals surface area contributed by atoms with Crippen LogP contribution in [0.25, 0.3) is 0 Å². The van der Waals surface area contributed by atoms with Crippen LogP contribution >= 0.6 is 23.2 Å². The minimum atomic E-state index is 0.472.